The first-order valence-corrected chi connectivity index (χ1v) is 15.7. The molecule has 2 heterocycles. The van der Waals surface area contributed by atoms with Crippen molar-refractivity contribution in [3.8, 4) is 46.0 Å². The second-order valence-electron chi connectivity index (χ2n) is 10.9. The second-order valence-corrected chi connectivity index (χ2v) is 12.7. The molecule has 2 aliphatic rings. The molecule has 0 amide bonds. The third-order valence-corrected chi connectivity index (χ3v) is 8.75. The van der Waals surface area contributed by atoms with Gasteiger partial charge in [0.2, 0.25) is 19.9 Å². The highest BCUT2D eigenvalue weighted by molar-refractivity contribution is 7.54. The molecule has 10 heteroatoms. The molecule has 0 atom stereocenters. The molecular formula is C33H33O9P. The number of rotatable bonds is 10. The summed E-state index contributed by atoms with van der Waals surface area (Å²) in [5.74, 6) is 3.77. The molecule has 0 saturated carbocycles. The average Bonchev–Trinajstić information content (AvgIpc) is 3.63. The molecule has 6 rings (SSSR count). The number of ether oxygens (including phenoxy) is 5. The zero-order chi connectivity index (χ0) is 30.1. The number of hydrogen-bond donors (Lipinski definition) is 1. The van der Waals surface area contributed by atoms with Gasteiger partial charge in [-0.1, -0.05) is 26.0 Å². The lowest BCUT2D eigenvalue weighted by molar-refractivity contribution is 0.173. The van der Waals surface area contributed by atoms with Crippen molar-refractivity contribution in [2.45, 2.75) is 40.0 Å². The van der Waals surface area contributed by atoms with E-state index in [1.54, 1.807) is 42.5 Å². The highest BCUT2D eigenvalue weighted by atomic mass is 31.2. The number of phenols is 1. The van der Waals surface area contributed by atoms with E-state index in [2.05, 4.69) is 19.9 Å². The van der Waals surface area contributed by atoms with Crippen LogP contribution < -0.4 is 32.7 Å². The Balaban J connectivity index is 1.22. The van der Waals surface area contributed by atoms with Crippen LogP contribution in [0.5, 0.6) is 46.0 Å². The largest absolute Gasteiger partial charge is 0.508 e. The van der Waals surface area contributed by atoms with Gasteiger partial charge in [-0.05, 0) is 96.5 Å². The van der Waals surface area contributed by atoms with Crippen molar-refractivity contribution in [2.75, 3.05) is 19.9 Å². The molecule has 9 nitrogen and oxygen atoms in total. The smallest absolute Gasteiger partial charge is 0.468 e. The van der Waals surface area contributed by atoms with Crippen LogP contribution >= 0.6 is 7.60 Å². The van der Waals surface area contributed by atoms with Gasteiger partial charge in [-0.3, -0.25) is 0 Å². The quantitative estimate of drug-likeness (QED) is 0.181. The number of aromatic hydroxyl groups is 1. The lowest BCUT2D eigenvalue weighted by Gasteiger charge is -2.21. The third kappa shape index (κ3) is 6.32. The Morgan fingerprint density at radius 1 is 0.744 bits per heavy atom. The first kappa shape index (κ1) is 28.6. The summed E-state index contributed by atoms with van der Waals surface area (Å²) < 4.78 is 53.8. The summed E-state index contributed by atoms with van der Waals surface area (Å²) in [5, 5.41) is 10.2. The van der Waals surface area contributed by atoms with E-state index in [-0.39, 0.29) is 37.4 Å². The zero-order valence-electron chi connectivity index (χ0n) is 24.4. The van der Waals surface area contributed by atoms with Crippen LogP contribution in [-0.4, -0.2) is 25.0 Å². The molecule has 0 aliphatic carbocycles. The van der Waals surface area contributed by atoms with Crippen molar-refractivity contribution in [2.24, 2.45) is 0 Å². The first-order chi connectivity index (χ1) is 20.7. The lowest BCUT2D eigenvalue weighted by Crippen LogP contribution is -2.10. The minimum Gasteiger partial charge on any atom is -0.508 e. The SMILES string of the molecule is Cc1cc(OCP(=O)(Oc2ccc3c(c2)OCO3)Oc2ccc3c(c2)OCO3)cc(C)c1Cc1ccc(O)c(C(C)C)c1. The fourth-order valence-corrected chi connectivity index (χ4v) is 6.43. The molecule has 4 aromatic carbocycles. The number of phenolic OH excluding ortho intramolecular Hbond substituents is 1. The van der Waals surface area contributed by atoms with E-state index in [1.165, 1.54) is 0 Å². The van der Waals surface area contributed by atoms with Crippen molar-refractivity contribution in [1.82, 2.24) is 0 Å². The van der Waals surface area contributed by atoms with Gasteiger partial charge in [0, 0.05) is 12.1 Å². The molecule has 2 aliphatic heterocycles. The highest BCUT2D eigenvalue weighted by Gasteiger charge is 2.32. The van der Waals surface area contributed by atoms with Crippen molar-refractivity contribution < 1.29 is 42.4 Å². The van der Waals surface area contributed by atoms with Gasteiger partial charge in [-0.25, -0.2) is 4.57 Å². The molecule has 1 N–H and O–H groups in total. The van der Waals surface area contributed by atoms with Crippen molar-refractivity contribution in [1.29, 1.82) is 0 Å². The van der Waals surface area contributed by atoms with Gasteiger partial charge >= 0.3 is 7.60 Å². The topological polar surface area (TPSA) is 102 Å². The minimum atomic E-state index is -3.93. The van der Waals surface area contributed by atoms with Crippen LogP contribution in [0.3, 0.4) is 0 Å². The van der Waals surface area contributed by atoms with Crippen LogP contribution in [-0.2, 0) is 11.0 Å². The summed E-state index contributed by atoms with van der Waals surface area (Å²) in [6.07, 6.45) is 0.348. The number of hydrogen-bond acceptors (Lipinski definition) is 9. The summed E-state index contributed by atoms with van der Waals surface area (Å²) in [6, 6.07) is 19.5. The monoisotopic (exact) mass is 604 g/mol. The highest BCUT2D eigenvalue weighted by Crippen LogP contribution is 2.51. The van der Waals surface area contributed by atoms with Gasteiger partial charge in [0.1, 0.15) is 23.0 Å². The normalized spacial score (nSPS) is 13.3. The molecule has 0 bridgehead atoms. The van der Waals surface area contributed by atoms with Gasteiger partial charge in [0.15, 0.2) is 23.0 Å². The van der Waals surface area contributed by atoms with E-state index in [0.29, 0.717) is 40.9 Å². The van der Waals surface area contributed by atoms with E-state index in [1.807, 2.05) is 32.0 Å². The fourth-order valence-electron chi connectivity index (χ4n) is 5.11. The molecule has 0 fully saturated rings. The second kappa shape index (κ2) is 11.7. The maximum atomic E-state index is 14.2. The molecule has 0 saturated heterocycles. The Hall–Kier alpha value is -4.49. The first-order valence-electron chi connectivity index (χ1n) is 14.0. The molecular weight excluding hydrogens is 571 g/mol. The lowest BCUT2D eigenvalue weighted by atomic mass is 9.93. The zero-order valence-corrected chi connectivity index (χ0v) is 25.3. The Kier molecular flexibility index (Phi) is 7.75. The van der Waals surface area contributed by atoms with Gasteiger partial charge < -0.3 is 37.8 Å². The predicted molar refractivity (Wildman–Crippen MR) is 160 cm³/mol. The van der Waals surface area contributed by atoms with Crippen LogP contribution in [0.15, 0.2) is 66.7 Å². The standard InChI is InChI=1S/C33H33O9P/c1-20(2)27-13-23(5-8-29(27)34)14-28-21(3)11-26(12-22(28)4)40-19-43(35,41-24-6-9-30-32(15-24)38-17-36-30)42-25-7-10-31-33(16-25)39-18-37-31/h5-13,15-16,20,34H,14,17-19H2,1-4H3. The fraction of sp³-hybridized carbons (Fsp3) is 0.273. The molecule has 0 spiro atoms. The molecule has 4 aromatic rings. The van der Waals surface area contributed by atoms with Gasteiger partial charge in [0.05, 0.1) is 0 Å². The number of aryl methyl sites for hydroxylation is 2. The van der Waals surface area contributed by atoms with Crippen molar-refractivity contribution in [3.05, 3.63) is 94.5 Å². The molecule has 224 valence electrons. The van der Waals surface area contributed by atoms with E-state index in [4.69, 9.17) is 32.7 Å². The average molecular weight is 605 g/mol. The number of benzene rings is 4. The molecule has 43 heavy (non-hydrogen) atoms. The number of fused-ring (bicyclic) bond motifs is 2. The third-order valence-electron chi connectivity index (χ3n) is 7.33. The summed E-state index contributed by atoms with van der Waals surface area (Å²) in [5.41, 5.74) is 5.24. The summed E-state index contributed by atoms with van der Waals surface area (Å²) in [6.45, 7) is 8.37. The Morgan fingerprint density at radius 2 is 1.30 bits per heavy atom. The van der Waals surface area contributed by atoms with Gasteiger partial charge in [-0.2, -0.15) is 0 Å². The Morgan fingerprint density at radius 3 is 1.86 bits per heavy atom. The molecule has 0 unspecified atom stereocenters. The van der Waals surface area contributed by atoms with Gasteiger partial charge in [-0.15, -0.1) is 0 Å². The van der Waals surface area contributed by atoms with E-state index >= 15 is 0 Å². The Bertz CT molecular complexity index is 1630. The summed E-state index contributed by atoms with van der Waals surface area (Å²) in [4.78, 5) is 0. The Labute approximate surface area is 250 Å². The van der Waals surface area contributed by atoms with Gasteiger partial charge in [0.25, 0.3) is 0 Å². The van der Waals surface area contributed by atoms with Crippen LogP contribution in [0.1, 0.15) is 47.6 Å². The van der Waals surface area contributed by atoms with E-state index in [0.717, 1.165) is 27.8 Å². The molecule has 0 radical (unpaired) electrons. The van der Waals surface area contributed by atoms with Crippen LogP contribution in [0.25, 0.3) is 0 Å². The van der Waals surface area contributed by atoms with Crippen molar-refractivity contribution in [3.63, 3.8) is 0 Å². The van der Waals surface area contributed by atoms with Crippen LogP contribution in [0.2, 0.25) is 0 Å². The van der Waals surface area contributed by atoms with E-state index in [9.17, 15) is 9.67 Å². The predicted octanol–water partition coefficient (Wildman–Crippen LogP) is 7.87. The maximum Gasteiger partial charge on any atom is 0.468 e. The van der Waals surface area contributed by atoms with Crippen LogP contribution in [0, 0.1) is 13.8 Å². The molecule has 0 aromatic heterocycles. The maximum absolute atomic E-state index is 14.2. The summed E-state index contributed by atoms with van der Waals surface area (Å²) >= 11 is 0. The van der Waals surface area contributed by atoms with E-state index < -0.39 is 7.60 Å². The van der Waals surface area contributed by atoms with Crippen LogP contribution in [0.4, 0.5) is 0 Å². The minimum absolute atomic E-state index is 0.105. The van der Waals surface area contributed by atoms with Crippen molar-refractivity contribution >= 4 is 7.60 Å². The summed E-state index contributed by atoms with van der Waals surface area (Å²) in [7, 11) is -3.93.